The van der Waals surface area contributed by atoms with Crippen LogP contribution in [0.15, 0.2) is 35.8 Å². The smallest absolute Gasteiger partial charge is 0.123 e. The highest BCUT2D eigenvalue weighted by atomic mass is 32.1. The molecular formula is C15H16N4OS. The van der Waals surface area contributed by atoms with Gasteiger partial charge in [-0.3, -0.25) is 0 Å². The first-order chi connectivity index (χ1) is 10.1. The fraction of sp³-hybridized carbons (Fsp3) is 0.267. The molecule has 0 saturated carbocycles. The Morgan fingerprint density at radius 2 is 2.05 bits per heavy atom. The van der Waals surface area contributed by atoms with Crippen molar-refractivity contribution in [1.29, 1.82) is 0 Å². The maximum absolute atomic E-state index is 9.45. The van der Waals surface area contributed by atoms with Crippen molar-refractivity contribution in [2.24, 2.45) is 0 Å². The van der Waals surface area contributed by atoms with E-state index in [1.807, 2.05) is 5.38 Å². The van der Waals surface area contributed by atoms with Crippen LogP contribution < -0.4 is 0 Å². The molecule has 0 aliphatic heterocycles. The van der Waals surface area contributed by atoms with Crippen molar-refractivity contribution in [1.82, 2.24) is 20.0 Å². The van der Waals surface area contributed by atoms with Gasteiger partial charge in [0.15, 0.2) is 0 Å². The fourth-order valence-corrected chi connectivity index (χ4v) is 2.77. The van der Waals surface area contributed by atoms with E-state index < -0.39 is 6.10 Å². The number of nitrogens with zero attached hydrogens (tertiary/aromatic N) is 4. The third-order valence-electron chi connectivity index (χ3n) is 3.16. The standard InChI is InChI=1S/C15H16N4OS/c1-10-3-5-12(6-4-10)15-16-13(9-21-15)7-19-8-14(11(2)20)17-18-19/h3-6,8-9,11,20H,7H2,1-2H3. The number of hydrogen-bond donors (Lipinski definition) is 1. The summed E-state index contributed by atoms with van der Waals surface area (Å²) >= 11 is 1.62. The number of aliphatic hydroxyl groups excluding tert-OH is 1. The number of hydrogen-bond acceptors (Lipinski definition) is 5. The minimum absolute atomic E-state index is 0.558. The van der Waals surface area contributed by atoms with Gasteiger partial charge in [0.1, 0.15) is 10.7 Å². The molecule has 1 unspecified atom stereocenters. The SMILES string of the molecule is Cc1ccc(-c2nc(Cn3cc(C(C)O)nn3)cs2)cc1. The second kappa shape index (κ2) is 5.75. The van der Waals surface area contributed by atoms with Gasteiger partial charge in [-0.05, 0) is 13.8 Å². The number of rotatable bonds is 4. The van der Waals surface area contributed by atoms with Crippen molar-refractivity contribution in [3.05, 3.63) is 52.8 Å². The molecule has 3 rings (SSSR count). The van der Waals surface area contributed by atoms with Gasteiger partial charge in [0.2, 0.25) is 0 Å². The molecule has 2 aromatic heterocycles. The lowest BCUT2D eigenvalue weighted by Crippen LogP contribution is -2.00. The first kappa shape index (κ1) is 13.9. The van der Waals surface area contributed by atoms with Gasteiger partial charge in [-0.1, -0.05) is 35.0 Å². The number of aliphatic hydroxyl groups is 1. The van der Waals surface area contributed by atoms with E-state index in [4.69, 9.17) is 0 Å². The number of thiazole rings is 1. The molecule has 0 amide bonds. The summed E-state index contributed by atoms with van der Waals surface area (Å²) in [6.07, 6.45) is 1.15. The van der Waals surface area contributed by atoms with E-state index in [2.05, 4.69) is 46.5 Å². The van der Waals surface area contributed by atoms with E-state index in [1.54, 1.807) is 29.1 Å². The quantitative estimate of drug-likeness (QED) is 0.804. The minimum atomic E-state index is -0.600. The summed E-state index contributed by atoms with van der Waals surface area (Å²) in [7, 11) is 0. The maximum atomic E-state index is 9.45. The summed E-state index contributed by atoms with van der Waals surface area (Å²) in [5.41, 5.74) is 3.88. The van der Waals surface area contributed by atoms with Crippen molar-refractivity contribution in [3.63, 3.8) is 0 Å². The molecule has 5 nitrogen and oxygen atoms in total. The highest BCUT2D eigenvalue weighted by Crippen LogP contribution is 2.24. The molecule has 3 aromatic rings. The summed E-state index contributed by atoms with van der Waals surface area (Å²) in [6.45, 7) is 4.30. The molecule has 0 aliphatic carbocycles. The molecule has 0 bridgehead atoms. The zero-order valence-electron chi connectivity index (χ0n) is 11.9. The lowest BCUT2D eigenvalue weighted by atomic mass is 10.2. The summed E-state index contributed by atoms with van der Waals surface area (Å²) in [6, 6.07) is 8.34. The predicted molar refractivity (Wildman–Crippen MR) is 82.0 cm³/mol. The molecule has 1 N–H and O–H groups in total. The van der Waals surface area contributed by atoms with Crippen LogP contribution >= 0.6 is 11.3 Å². The van der Waals surface area contributed by atoms with E-state index in [1.165, 1.54) is 5.56 Å². The van der Waals surface area contributed by atoms with E-state index >= 15 is 0 Å². The zero-order valence-corrected chi connectivity index (χ0v) is 12.7. The van der Waals surface area contributed by atoms with Gasteiger partial charge in [0.25, 0.3) is 0 Å². The number of aromatic nitrogens is 4. The molecule has 0 radical (unpaired) electrons. The fourth-order valence-electron chi connectivity index (χ4n) is 1.96. The Morgan fingerprint density at radius 1 is 1.29 bits per heavy atom. The van der Waals surface area contributed by atoms with Crippen LogP contribution in [0.25, 0.3) is 10.6 Å². The van der Waals surface area contributed by atoms with Crippen molar-refractivity contribution < 1.29 is 5.11 Å². The Hall–Kier alpha value is -2.05. The van der Waals surface area contributed by atoms with Gasteiger partial charge in [-0.25, -0.2) is 9.67 Å². The van der Waals surface area contributed by atoms with Crippen molar-refractivity contribution in [3.8, 4) is 10.6 Å². The Labute approximate surface area is 126 Å². The average Bonchev–Trinajstić information content (AvgIpc) is 3.10. The summed E-state index contributed by atoms with van der Waals surface area (Å²) in [5, 5.41) is 20.4. The van der Waals surface area contributed by atoms with Crippen LogP contribution in [0.3, 0.4) is 0 Å². The Balaban J connectivity index is 1.76. The van der Waals surface area contributed by atoms with Crippen LogP contribution in [0.5, 0.6) is 0 Å². The normalized spacial score (nSPS) is 12.5. The van der Waals surface area contributed by atoms with Gasteiger partial charge in [0.05, 0.1) is 24.5 Å². The molecule has 0 spiro atoms. The molecule has 6 heteroatoms. The third kappa shape index (κ3) is 3.17. The molecule has 1 atom stereocenters. The predicted octanol–water partition coefficient (Wildman–Crippen LogP) is 2.81. The second-order valence-electron chi connectivity index (χ2n) is 5.03. The second-order valence-corrected chi connectivity index (χ2v) is 5.89. The largest absolute Gasteiger partial charge is 0.387 e. The molecule has 0 saturated heterocycles. The van der Waals surface area contributed by atoms with E-state index in [0.717, 1.165) is 16.3 Å². The van der Waals surface area contributed by atoms with E-state index in [-0.39, 0.29) is 0 Å². The van der Waals surface area contributed by atoms with Gasteiger partial charge in [-0.2, -0.15) is 0 Å². The van der Waals surface area contributed by atoms with Crippen LogP contribution in [0, 0.1) is 6.92 Å². The van der Waals surface area contributed by atoms with Crippen molar-refractivity contribution in [2.75, 3.05) is 0 Å². The number of benzene rings is 1. The topological polar surface area (TPSA) is 63.8 Å². The monoisotopic (exact) mass is 300 g/mol. The maximum Gasteiger partial charge on any atom is 0.123 e. The summed E-state index contributed by atoms with van der Waals surface area (Å²) < 4.78 is 1.69. The molecule has 0 aliphatic rings. The minimum Gasteiger partial charge on any atom is -0.387 e. The van der Waals surface area contributed by atoms with Gasteiger partial charge < -0.3 is 5.11 Å². The Morgan fingerprint density at radius 3 is 2.71 bits per heavy atom. The van der Waals surface area contributed by atoms with E-state index in [0.29, 0.717) is 12.2 Å². The summed E-state index contributed by atoms with van der Waals surface area (Å²) in [4.78, 5) is 4.63. The Kier molecular flexibility index (Phi) is 3.81. The van der Waals surface area contributed by atoms with Crippen molar-refractivity contribution >= 4 is 11.3 Å². The highest BCUT2D eigenvalue weighted by Gasteiger charge is 2.09. The first-order valence-corrected chi connectivity index (χ1v) is 7.59. The van der Waals surface area contributed by atoms with Gasteiger partial charge in [0, 0.05) is 10.9 Å². The average molecular weight is 300 g/mol. The zero-order chi connectivity index (χ0) is 14.8. The summed E-state index contributed by atoms with van der Waals surface area (Å²) in [5.74, 6) is 0. The molecule has 0 fully saturated rings. The van der Waals surface area contributed by atoms with Gasteiger partial charge in [-0.15, -0.1) is 16.4 Å². The molecule has 21 heavy (non-hydrogen) atoms. The van der Waals surface area contributed by atoms with Crippen LogP contribution in [0.2, 0.25) is 0 Å². The molecule has 108 valence electrons. The van der Waals surface area contributed by atoms with Crippen LogP contribution in [-0.2, 0) is 6.54 Å². The molecular weight excluding hydrogens is 284 g/mol. The van der Waals surface area contributed by atoms with Crippen LogP contribution in [0.1, 0.15) is 30.0 Å². The third-order valence-corrected chi connectivity index (χ3v) is 4.10. The lowest BCUT2D eigenvalue weighted by molar-refractivity contribution is 0.194. The van der Waals surface area contributed by atoms with Crippen LogP contribution in [-0.4, -0.2) is 25.1 Å². The first-order valence-electron chi connectivity index (χ1n) is 6.71. The highest BCUT2D eigenvalue weighted by molar-refractivity contribution is 7.13. The molecule has 2 heterocycles. The molecule has 1 aromatic carbocycles. The lowest BCUT2D eigenvalue weighted by Gasteiger charge is -1.98. The van der Waals surface area contributed by atoms with Gasteiger partial charge >= 0.3 is 0 Å². The van der Waals surface area contributed by atoms with Crippen LogP contribution in [0.4, 0.5) is 0 Å². The van der Waals surface area contributed by atoms with E-state index in [9.17, 15) is 5.11 Å². The number of aryl methyl sites for hydroxylation is 1. The van der Waals surface area contributed by atoms with Crippen molar-refractivity contribution in [2.45, 2.75) is 26.5 Å². The Bertz CT molecular complexity index is 730.